The standard InChI is InChI=1S/C10H11FN2S/c11-8-4-1-2-5-9(8)13-7-3-6-12-10(13)14/h1-2,4-5H,3,6-7H2,(H,12,14). The summed E-state index contributed by atoms with van der Waals surface area (Å²) in [5.74, 6) is -0.224. The predicted molar refractivity (Wildman–Crippen MR) is 59.0 cm³/mol. The average molecular weight is 210 g/mol. The molecular formula is C10H11FN2S. The minimum absolute atomic E-state index is 0.224. The molecule has 1 saturated heterocycles. The molecule has 0 bridgehead atoms. The first-order chi connectivity index (χ1) is 6.79. The van der Waals surface area contributed by atoms with Gasteiger partial charge in [-0.05, 0) is 30.8 Å². The molecule has 1 aromatic rings. The molecule has 1 aliphatic rings. The van der Waals surface area contributed by atoms with E-state index in [2.05, 4.69) is 5.32 Å². The second-order valence-electron chi connectivity index (χ2n) is 3.19. The fourth-order valence-corrected chi connectivity index (χ4v) is 1.82. The van der Waals surface area contributed by atoms with E-state index in [0.29, 0.717) is 10.8 Å². The maximum atomic E-state index is 13.4. The van der Waals surface area contributed by atoms with Gasteiger partial charge in [0.15, 0.2) is 5.11 Å². The summed E-state index contributed by atoms with van der Waals surface area (Å²) in [6.07, 6.45) is 0.981. The van der Waals surface area contributed by atoms with Crippen LogP contribution in [0.5, 0.6) is 0 Å². The number of hydrogen-bond donors (Lipinski definition) is 1. The summed E-state index contributed by atoms with van der Waals surface area (Å²) >= 11 is 5.12. The third kappa shape index (κ3) is 1.70. The molecule has 2 nitrogen and oxygen atoms in total. The molecule has 0 saturated carbocycles. The molecule has 0 spiro atoms. The van der Waals surface area contributed by atoms with Crippen molar-refractivity contribution >= 4 is 23.0 Å². The molecule has 14 heavy (non-hydrogen) atoms. The Kier molecular flexibility index (Phi) is 2.63. The van der Waals surface area contributed by atoms with Gasteiger partial charge < -0.3 is 10.2 Å². The van der Waals surface area contributed by atoms with Crippen LogP contribution in [0.1, 0.15) is 6.42 Å². The third-order valence-corrected chi connectivity index (χ3v) is 2.59. The summed E-state index contributed by atoms with van der Waals surface area (Å²) in [4.78, 5) is 1.80. The molecule has 1 aromatic carbocycles. The number of benzene rings is 1. The summed E-state index contributed by atoms with van der Waals surface area (Å²) in [6.45, 7) is 1.66. The van der Waals surface area contributed by atoms with Gasteiger partial charge in [-0.3, -0.25) is 0 Å². The van der Waals surface area contributed by atoms with Crippen molar-refractivity contribution in [3.8, 4) is 0 Å². The van der Waals surface area contributed by atoms with Crippen LogP contribution in [-0.2, 0) is 0 Å². The Hall–Kier alpha value is -1.16. The van der Waals surface area contributed by atoms with Gasteiger partial charge in [0.1, 0.15) is 5.82 Å². The number of nitrogens with one attached hydrogen (secondary N) is 1. The molecule has 1 heterocycles. The van der Waals surface area contributed by atoms with Crippen molar-refractivity contribution in [2.24, 2.45) is 0 Å². The Morgan fingerprint density at radius 1 is 1.36 bits per heavy atom. The van der Waals surface area contributed by atoms with Crippen LogP contribution in [0.15, 0.2) is 24.3 Å². The molecule has 2 rings (SSSR count). The minimum Gasteiger partial charge on any atom is -0.362 e. The number of anilines is 1. The van der Waals surface area contributed by atoms with Crippen LogP contribution in [0.3, 0.4) is 0 Å². The minimum atomic E-state index is -0.224. The fraction of sp³-hybridized carbons (Fsp3) is 0.300. The quantitative estimate of drug-likeness (QED) is 0.713. The number of para-hydroxylation sites is 1. The number of halogens is 1. The lowest BCUT2D eigenvalue weighted by molar-refractivity contribution is 0.619. The topological polar surface area (TPSA) is 15.3 Å². The van der Waals surface area contributed by atoms with E-state index < -0.39 is 0 Å². The van der Waals surface area contributed by atoms with Crippen LogP contribution in [0.4, 0.5) is 10.1 Å². The zero-order valence-electron chi connectivity index (χ0n) is 7.66. The van der Waals surface area contributed by atoms with Crippen molar-refractivity contribution in [2.75, 3.05) is 18.0 Å². The summed E-state index contributed by atoms with van der Waals surface area (Å²) in [5.41, 5.74) is 0.560. The SMILES string of the molecule is Fc1ccccc1N1CCCNC1=S. The van der Waals surface area contributed by atoms with E-state index in [1.807, 2.05) is 6.07 Å². The maximum absolute atomic E-state index is 13.4. The molecule has 0 aliphatic carbocycles. The lowest BCUT2D eigenvalue weighted by Crippen LogP contribution is -2.46. The van der Waals surface area contributed by atoms with Gasteiger partial charge in [-0.1, -0.05) is 12.1 Å². The van der Waals surface area contributed by atoms with Gasteiger partial charge in [0.05, 0.1) is 5.69 Å². The molecule has 4 heteroatoms. The largest absolute Gasteiger partial charge is 0.362 e. The third-order valence-electron chi connectivity index (χ3n) is 2.22. The number of nitrogens with zero attached hydrogens (tertiary/aromatic N) is 1. The lowest BCUT2D eigenvalue weighted by Gasteiger charge is -2.30. The Morgan fingerprint density at radius 3 is 2.86 bits per heavy atom. The van der Waals surface area contributed by atoms with Crippen LogP contribution in [-0.4, -0.2) is 18.2 Å². The van der Waals surface area contributed by atoms with E-state index in [4.69, 9.17) is 12.2 Å². The van der Waals surface area contributed by atoms with E-state index >= 15 is 0 Å². The van der Waals surface area contributed by atoms with Crippen LogP contribution < -0.4 is 10.2 Å². The Bertz CT molecular complexity index is 354. The number of thiocarbonyl (C=S) groups is 1. The summed E-state index contributed by atoms with van der Waals surface area (Å²) in [6, 6.07) is 6.69. The zero-order valence-corrected chi connectivity index (χ0v) is 8.48. The number of rotatable bonds is 1. The molecule has 74 valence electrons. The van der Waals surface area contributed by atoms with Crippen molar-refractivity contribution < 1.29 is 4.39 Å². The van der Waals surface area contributed by atoms with Gasteiger partial charge in [-0.2, -0.15) is 0 Å². The molecule has 0 aromatic heterocycles. The van der Waals surface area contributed by atoms with E-state index in [-0.39, 0.29) is 5.82 Å². The molecule has 0 unspecified atom stereocenters. The van der Waals surface area contributed by atoms with E-state index in [1.165, 1.54) is 6.07 Å². The van der Waals surface area contributed by atoms with E-state index in [1.54, 1.807) is 17.0 Å². The van der Waals surface area contributed by atoms with Crippen molar-refractivity contribution in [1.29, 1.82) is 0 Å². The van der Waals surface area contributed by atoms with Crippen LogP contribution in [0.2, 0.25) is 0 Å². The van der Waals surface area contributed by atoms with E-state index in [9.17, 15) is 4.39 Å². The van der Waals surface area contributed by atoms with Gasteiger partial charge in [0, 0.05) is 13.1 Å². The normalized spacial score (nSPS) is 16.6. The van der Waals surface area contributed by atoms with Crippen molar-refractivity contribution in [3.63, 3.8) is 0 Å². The molecule has 0 atom stereocenters. The Labute approximate surface area is 87.7 Å². The van der Waals surface area contributed by atoms with Gasteiger partial charge >= 0.3 is 0 Å². The smallest absolute Gasteiger partial charge is 0.173 e. The van der Waals surface area contributed by atoms with Crippen molar-refractivity contribution in [1.82, 2.24) is 5.32 Å². The zero-order chi connectivity index (χ0) is 9.97. The molecule has 0 amide bonds. The molecular weight excluding hydrogens is 199 g/mol. The molecule has 1 N–H and O–H groups in total. The van der Waals surface area contributed by atoms with Crippen molar-refractivity contribution in [3.05, 3.63) is 30.1 Å². The predicted octanol–water partition coefficient (Wildman–Crippen LogP) is 1.91. The Morgan fingerprint density at radius 2 is 2.14 bits per heavy atom. The van der Waals surface area contributed by atoms with Gasteiger partial charge in [0.2, 0.25) is 0 Å². The second-order valence-corrected chi connectivity index (χ2v) is 3.58. The highest BCUT2D eigenvalue weighted by Gasteiger charge is 2.18. The molecule has 0 radical (unpaired) electrons. The summed E-state index contributed by atoms with van der Waals surface area (Å²) < 4.78 is 13.4. The number of hydrogen-bond acceptors (Lipinski definition) is 1. The lowest BCUT2D eigenvalue weighted by atomic mass is 10.2. The van der Waals surface area contributed by atoms with Crippen LogP contribution in [0, 0.1) is 5.82 Å². The van der Waals surface area contributed by atoms with Crippen molar-refractivity contribution in [2.45, 2.75) is 6.42 Å². The fourth-order valence-electron chi connectivity index (χ4n) is 1.53. The van der Waals surface area contributed by atoms with Gasteiger partial charge in [-0.15, -0.1) is 0 Å². The van der Waals surface area contributed by atoms with Gasteiger partial charge in [-0.25, -0.2) is 4.39 Å². The summed E-state index contributed by atoms with van der Waals surface area (Å²) in [7, 11) is 0. The first kappa shape index (κ1) is 9.40. The van der Waals surface area contributed by atoms with Crippen LogP contribution in [0.25, 0.3) is 0 Å². The summed E-state index contributed by atoms with van der Waals surface area (Å²) in [5, 5.41) is 3.66. The second kappa shape index (κ2) is 3.92. The first-order valence-corrected chi connectivity index (χ1v) is 5.00. The van der Waals surface area contributed by atoms with Gasteiger partial charge in [0.25, 0.3) is 0 Å². The highest BCUT2D eigenvalue weighted by Crippen LogP contribution is 2.20. The highest BCUT2D eigenvalue weighted by atomic mass is 32.1. The maximum Gasteiger partial charge on any atom is 0.173 e. The first-order valence-electron chi connectivity index (χ1n) is 4.59. The van der Waals surface area contributed by atoms with E-state index in [0.717, 1.165) is 19.5 Å². The molecule has 1 fully saturated rings. The highest BCUT2D eigenvalue weighted by molar-refractivity contribution is 7.80. The molecule has 1 aliphatic heterocycles. The monoisotopic (exact) mass is 210 g/mol. The van der Waals surface area contributed by atoms with Crippen LogP contribution >= 0.6 is 12.2 Å². The average Bonchev–Trinajstić information content (AvgIpc) is 2.20. The Balaban J connectivity index is 2.29.